The van der Waals surface area contributed by atoms with E-state index >= 15 is 0 Å². The fraction of sp³-hybridized carbons (Fsp3) is 0.481. The minimum atomic E-state index is -4.31. The molecule has 36 heavy (non-hydrogen) atoms. The predicted octanol–water partition coefficient (Wildman–Crippen LogP) is 7.04. The van der Waals surface area contributed by atoms with Gasteiger partial charge in [-0.15, -0.1) is 0 Å². The van der Waals surface area contributed by atoms with E-state index in [2.05, 4.69) is 16.4 Å². The first-order valence-corrected chi connectivity index (χ1v) is 12.0. The molecule has 1 N–H and O–H groups in total. The van der Waals surface area contributed by atoms with Crippen molar-refractivity contribution in [1.29, 1.82) is 5.26 Å². The second-order valence-electron chi connectivity index (χ2n) is 9.73. The van der Waals surface area contributed by atoms with Crippen LogP contribution in [0.5, 0.6) is 0 Å². The van der Waals surface area contributed by atoms with E-state index in [1.54, 1.807) is 12.1 Å². The lowest BCUT2D eigenvalue weighted by molar-refractivity contribution is -0.125. The molecule has 1 saturated carbocycles. The van der Waals surface area contributed by atoms with Crippen LogP contribution in [0.1, 0.15) is 66.5 Å². The third-order valence-corrected chi connectivity index (χ3v) is 7.23. The lowest BCUT2D eigenvalue weighted by Gasteiger charge is -2.36. The van der Waals surface area contributed by atoms with Crippen molar-refractivity contribution < 1.29 is 26.3 Å². The molecule has 2 aliphatic carbocycles. The SMILES string of the molecule is CC1CC(C2CCC2)C(c2ccc(CNCC(F)(F)F)cn2)=C(C#N)c2cc(F)c(CC(F)F)cc21. The Bertz CT molecular complexity index is 1160. The number of nitrogens with zero attached hydrogens (tertiary/aromatic N) is 2. The average molecular weight is 508 g/mol. The van der Waals surface area contributed by atoms with Gasteiger partial charge in [0, 0.05) is 19.2 Å². The summed E-state index contributed by atoms with van der Waals surface area (Å²) in [5, 5.41) is 12.6. The first-order chi connectivity index (χ1) is 17.1. The minimum Gasteiger partial charge on any atom is -0.305 e. The van der Waals surface area contributed by atoms with Gasteiger partial charge in [-0.25, -0.2) is 13.2 Å². The van der Waals surface area contributed by atoms with Gasteiger partial charge < -0.3 is 5.32 Å². The predicted molar refractivity (Wildman–Crippen MR) is 124 cm³/mol. The molecule has 2 unspecified atom stereocenters. The molecule has 0 aliphatic heterocycles. The highest BCUT2D eigenvalue weighted by atomic mass is 19.4. The molecule has 1 fully saturated rings. The standard InChI is InChI=1S/C27H27F6N3/c1-15-7-20(17-3-2-4-17)26(24-6-5-16(13-36-24)12-35-14-27(31,32)33)22(11-34)21-10-23(28)18(8-19(15)21)9-25(29)30/h5-6,8,10,13,15,17,20,25,35H,2-4,7,9,12,14H2,1H3. The van der Waals surface area contributed by atoms with Gasteiger partial charge in [-0.2, -0.15) is 18.4 Å². The van der Waals surface area contributed by atoms with Gasteiger partial charge in [-0.3, -0.25) is 4.98 Å². The van der Waals surface area contributed by atoms with Gasteiger partial charge in [0.2, 0.25) is 6.43 Å². The maximum absolute atomic E-state index is 14.9. The van der Waals surface area contributed by atoms with Crippen molar-refractivity contribution in [3.63, 3.8) is 0 Å². The summed E-state index contributed by atoms with van der Waals surface area (Å²) in [6.07, 6.45) is -2.50. The van der Waals surface area contributed by atoms with Crippen LogP contribution in [0.25, 0.3) is 11.1 Å². The summed E-state index contributed by atoms with van der Waals surface area (Å²) in [6, 6.07) is 8.28. The molecule has 2 aliphatic rings. The van der Waals surface area contributed by atoms with Gasteiger partial charge in [0.25, 0.3) is 0 Å². The molecular weight excluding hydrogens is 480 g/mol. The Balaban J connectivity index is 1.76. The zero-order valence-corrected chi connectivity index (χ0v) is 19.8. The summed E-state index contributed by atoms with van der Waals surface area (Å²) in [5.41, 5.74) is 3.08. The largest absolute Gasteiger partial charge is 0.401 e. The van der Waals surface area contributed by atoms with Crippen LogP contribution in [0.3, 0.4) is 0 Å². The van der Waals surface area contributed by atoms with Crippen LogP contribution in [0.4, 0.5) is 26.3 Å². The number of benzene rings is 1. The fourth-order valence-electron chi connectivity index (χ4n) is 5.29. The third kappa shape index (κ3) is 5.75. The number of alkyl halides is 5. The van der Waals surface area contributed by atoms with Crippen molar-refractivity contribution in [2.45, 2.75) is 64.1 Å². The van der Waals surface area contributed by atoms with Crippen LogP contribution in [-0.2, 0) is 13.0 Å². The third-order valence-electron chi connectivity index (χ3n) is 7.23. The molecule has 2 atom stereocenters. The minimum absolute atomic E-state index is 0.0129. The number of pyridine rings is 1. The molecule has 0 radical (unpaired) electrons. The van der Waals surface area contributed by atoms with Crippen molar-refractivity contribution in [2.24, 2.45) is 11.8 Å². The fourth-order valence-corrected chi connectivity index (χ4v) is 5.29. The highest BCUT2D eigenvalue weighted by Crippen LogP contribution is 2.50. The van der Waals surface area contributed by atoms with Gasteiger partial charge in [0.15, 0.2) is 0 Å². The van der Waals surface area contributed by atoms with E-state index in [4.69, 9.17) is 0 Å². The number of hydrogen-bond acceptors (Lipinski definition) is 3. The zero-order chi connectivity index (χ0) is 26.0. The topological polar surface area (TPSA) is 48.7 Å². The Hall–Kier alpha value is -2.86. The molecule has 0 amide bonds. The molecule has 0 spiro atoms. The van der Waals surface area contributed by atoms with Crippen molar-refractivity contribution in [2.75, 3.05) is 6.54 Å². The molecule has 4 rings (SSSR count). The number of hydrogen-bond donors (Lipinski definition) is 1. The van der Waals surface area contributed by atoms with Crippen molar-refractivity contribution >= 4 is 11.1 Å². The highest BCUT2D eigenvalue weighted by molar-refractivity contribution is 5.99. The first-order valence-electron chi connectivity index (χ1n) is 12.0. The van der Waals surface area contributed by atoms with Crippen LogP contribution in [0.15, 0.2) is 30.5 Å². The van der Waals surface area contributed by atoms with Gasteiger partial charge in [0.1, 0.15) is 11.9 Å². The second-order valence-corrected chi connectivity index (χ2v) is 9.73. The quantitative estimate of drug-likeness (QED) is 0.409. The number of allylic oxidation sites excluding steroid dienone is 2. The Morgan fingerprint density at radius 3 is 2.50 bits per heavy atom. The summed E-state index contributed by atoms with van der Waals surface area (Å²) in [7, 11) is 0. The van der Waals surface area contributed by atoms with Crippen LogP contribution in [0, 0.1) is 29.0 Å². The Kier molecular flexibility index (Phi) is 7.74. The summed E-state index contributed by atoms with van der Waals surface area (Å²) in [4.78, 5) is 4.50. The number of fused-ring (bicyclic) bond motifs is 1. The maximum atomic E-state index is 14.9. The Labute approximate surface area is 206 Å². The molecule has 0 bridgehead atoms. The normalized spacial score (nSPS) is 20.6. The van der Waals surface area contributed by atoms with Crippen LogP contribution in [-0.4, -0.2) is 24.1 Å². The molecule has 9 heteroatoms. The summed E-state index contributed by atoms with van der Waals surface area (Å²) >= 11 is 0. The molecule has 192 valence electrons. The summed E-state index contributed by atoms with van der Waals surface area (Å²) in [5.74, 6) is -0.566. The molecule has 1 heterocycles. The summed E-state index contributed by atoms with van der Waals surface area (Å²) < 4.78 is 78.2. The number of aromatic nitrogens is 1. The average Bonchev–Trinajstić information content (AvgIpc) is 2.87. The first kappa shape index (κ1) is 26.2. The van der Waals surface area contributed by atoms with Crippen LogP contribution >= 0.6 is 0 Å². The lowest BCUT2D eigenvalue weighted by Crippen LogP contribution is -2.28. The van der Waals surface area contributed by atoms with E-state index < -0.39 is 31.4 Å². The van der Waals surface area contributed by atoms with Crippen LogP contribution < -0.4 is 5.32 Å². The van der Waals surface area contributed by atoms with E-state index in [1.165, 1.54) is 18.3 Å². The number of halogens is 6. The van der Waals surface area contributed by atoms with Gasteiger partial charge in [0.05, 0.1) is 17.8 Å². The Morgan fingerprint density at radius 2 is 1.94 bits per heavy atom. The van der Waals surface area contributed by atoms with E-state index in [0.717, 1.165) is 19.3 Å². The molecule has 0 saturated heterocycles. The number of nitriles is 1. The van der Waals surface area contributed by atoms with E-state index in [-0.39, 0.29) is 29.5 Å². The van der Waals surface area contributed by atoms with Crippen molar-refractivity contribution in [3.05, 3.63) is 64.2 Å². The molecule has 1 aromatic carbocycles. The second kappa shape index (κ2) is 10.6. The van der Waals surface area contributed by atoms with E-state index in [1.807, 2.05) is 6.92 Å². The van der Waals surface area contributed by atoms with Crippen molar-refractivity contribution in [1.82, 2.24) is 10.3 Å². The van der Waals surface area contributed by atoms with Gasteiger partial charge >= 0.3 is 6.18 Å². The van der Waals surface area contributed by atoms with Gasteiger partial charge in [-0.1, -0.05) is 25.5 Å². The molecule has 3 nitrogen and oxygen atoms in total. The Morgan fingerprint density at radius 1 is 1.19 bits per heavy atom. The van der Waals surface area contributed by atoms with Crippen molar-refractivity contribution in [3.8, 4) is 6.07 Å². The smallest absolute Gasteiger partial charge is 0.305 e. The highest BCUT2D eigenvalue weighted by Gasteiger charge is 2.37. The van der Waals surface area contributed by atoms with Gasteiger partial charge in [-0.05, 0) is 77.0 Å². The summed E-state index contributed by atoms with van der Waals surface area (Å²) in [6.45, 7) is 0.840. The lowest BCUT2D eigenvalue weighted by atomic mass is 9.69. The van der Waals surface area contributed by atoms with E-state index in [0.29, 0.717) is 40.3 Å². The van der Waals surface area contributed by atoms with Crippen LogP contribution in [0.2, 0.25) is 0 Å². The maximum Gasteiger partial charge on any atom is 0.401 e. The monoisotopic (exact) mass is 507 g/mol. The zero-order valence-electron chi connectivity index (χ0n) is 19.8. The number of rotatable bonds is 7. The molecular formula is C27H27F6N3. The molecule has 1 aromatic heterocycles. The van der Waals surface area contributed by atoms with E-state index in [9.17, 15) is 31.6 Å². The number of nitrogens with one attached hydrogen (secondary N) is 1. The molecule has 2 aromatic rings.